The predicted molar refractivity (Wildman–Crippen MR) is 94.0 cm³/mol. The lowest BCUT2D eigenvalue weighted by molar-refractivity contribution is -0.137. The molecule has 2 unspecified atom stereocenters. The Labute approximate surface area is 167 Å². The first-order valence-corrected chi connectivity index (χ1v) is 10.2. The van der Waals surface area contributed by atoms with Crippen molar-refractivity contribution < 1.29 is 30.4 Å². The van der Waals surface area contributed by atoms with Crippen molar-refractivity contribution in [3.05, 3.63) is 82.7 Å². The van der Waals surface area contributed by atoms with Gasteiger partial charge in [-0.25, -0.2) is 8.42 Å². The van der Waals surface area contributed by atoms with Gasteiger partial charge in [0.05, 0.1) is 22.7 Å². The van der Waals surface area contributed by atoms with E-state index < -0.39 is 50.4 Å². The normalized spacial score (nSPS) is 22.6. The van der Waals surface area contributed by atoms with Crippen molar-refractivity contribution in [2.24, 2.45) is 0 Å². The summed E-state index contributed by atoms with van der Waals surface area (Å²) in [6.07, 6.45) is -3.50. The molecule has 0 saturated heterocycles. The van der Waals surface area contributed by atoms with Crippen LogP contribution in [0.5, 0.6) is 0 Å². The fourth-order valence-corrected chi connectivity index (χ4v) is 5.97. The molecule has 1 aromatic heterocycles. The van der Waals surface area contributed by atoms with E-state index in [1.54, 1.807) is 12.1 Å². The molecule has 11 heteroatoms. The second-order valence-electron chi connectivity index (χ2n) is 7.11. The number of fused-ring (bicyclic) bond motifs is 7. The fraction of sp³-hybridized carbons (Fsp3) is 0.211. The molecule has 5 rings (SSSR count). The summed E-state index contributed by atoms with van der Waals surface area (Å²) in [5.74, 6) is -3.62. The second-order valence-corrected chi connectivity index (χ2v) is 8.96. The maximum Gasteiger partial charge on any atom is 0.416 e. The van der Waals surface area contributed by atoms with Gasteiger partial charge in [0.2, 0.25) is 10.0 Å². The summed E-state index contributed by atoms with van der Waals surface area (Å²) in [6.45, 7) is 0. The molecule has 2 aliphatic rings. The van der Waals surface area contributed by atoms with Crippen molar-refractivity contribution in [1.82, 2.24) is 14.5 Å². The molecule has 2 atom stereocenters. The van der Waals surface area contributed by atoms with E-state index in [0.29, 0.717) is 22.0 Å². The SMILES string of the molecule is O=S(=O)(c1ccc(C(F)(F)F)cc1)N1C2c3ccccc3C1C(F)(F)c1[nH]ncc12. The molecule has 2 bridgehead atoms. The van der Waals surface area contributed by atoms with Crippen LogP contribution in [0.1, 0.15) is 40.0 Å². The molecule has 0 fully saturated rings. The molecular weight excluding hydrogens is 429 g/mol. The van der Waals surface area contributed by atoms with E-state index in [1.165, 1.54) is 12.1 Å². The lowest BCUT2D eigenvalue weighted by Gasteiger charge is -2.38. The van der Waals surface area contributed by atoms with E-state index in [9.17, 15) is 21.6 Å². The molecule has 0 saturated carbocycles. The topological polar surface area (TPSA) is 66.1 Å². The Morgan fingerprint density at radius 1 is 0.967 bits per heavy atom. The number of hydrogen-bond donors (Lipinski definition) is 1. The Morgan fingerprint density at radius 3 is 2.23 bits per heavy atom. The highest BCUT2D eigenvalue weighted by molar-refractivity contribution is 7.89. The van der Waals surface area contributed by atoms with Crippen molar-refractivity contribution in [3.63, 3.8) is 0 Å². The molecule has 0 amide bonds. The summed E-state index contributed by atoms with van der Waals surface area (Å²) in [6, 6.07) is 6.03. The van der Waals surface area contributed by atoms with Gasteiger partial charge in [-0.15, -0.1) is 0 Å². The van der Waals surface area contributed by atoms with Crippen LogP contribution in [0.25, 0.3) is 0 Å². The average molecular weight is 441 g/mol. The van der Waals surface area contributed by atoms with Gasteiger partial charge < -0.3 is 0 Å². The van der Waals surface area contributed by atoms with E-state index >= 15 is 8.78 Å². The van der Waals surface area contributed by atoms with E-state index in [-0.39, 0.29) is 11.1 Å². The van der Waals surface area contributed by atoms with Crippen molar-refractivity contribution in [2.75, 3.05) is 0 Å². The van der Waals surface area contributed by atoms with Crippen LogP contribution in [0.4, 0.5) is 22.0 Å². The number of aromatic nitrogens is 2. The minimum atomic E-state index is -4.65. The zero-order chi connectivity index (χ0) is 21.5. The van der Waals surface area contributed by atoms with Gasteiger partial charge in [0.25, 0.3) is 0 Å². The van der Waals surface area contributed by atoms with Crippen LogP contribution < -0.4 is 0 Å². The molecule has 5 nitrogen and oxygen atoms in total. The van der Waals surface area contributed by atoms with Crippen LogP contribution in [-0.4, -0.2) is 22.9 Å². The van der Waals surface area contributed by atoms with Crippen LogP contribution in [0.2, 0.25) is 0 Å². The summed E-state index contributed by atoms with van der Waals surface area (Å²) < 4.78 is 96.8. The third-order valence-electron chi connectivity index (χ3n) is 5.49. The summed E-state index contributed by atoms with van der Waals surface area (Å²) in [5, 5.41) is 5.94. The van der Waals surface area contributed by atoms with Crippen LogP contribution in [0.15, 0.2) is 59.6 Å². The Bertz CT molecular complexity index is 1250. The highest BCUT2D eigenvalue weighted by atomic mass is 32.2. The molecule has 1 N–H and O–H groups in total. The maximum atomic E-state index is 15.4. The Balaban J connectivity index is 1.70. The maximum absolute atomic E-state index is 15.4. The van der Waals surface area contributed by atoms with Gasteiger partial charge in [0.15, 0.2) is 0 Å². The molecule has 0 aliphatic carbocycles. The summed E-state index contributed by atoms with van der Waals surface area (Å²) in [7, 11) is -4.58. The molecular formula is C19H12F5N3O2S. The van der Waals surface area contributed by atoms with Gasteiger partial charge in [-0.3, -0.25) is 5.10 Å². The Kier molecular flexibility index (Phi) is 3.76. The highest BCUT2D eigenvalue weighted by Crippen LogP contribution is 2.61. The zero-order valence-electron chi connectivity index (χ0n) is 14.9. The standard InChI is InChI=1S/C19H12F5N3O2S/c20-18(21)16-14(9-25-26-16)15-12-3-1-2-4-13(12)17(18)27(15)30(28,29)11-7-5-10(6-8-11)19(22,23)24/h1-9,15,17H,(H,25,26). The minimum Gasteiger partial charge on any atom is -0.276 e. The van der Waals surface area contributed by atoms with Gasteiger partial charge in [-0.2, -0.15) is 31.4 Å². The third kappa shape index (κ3) is 2.42. The number of nitrogens with one attached hydrogen (secondary N) is 1. The van der Waals surface area contributed by atoms with Crippen LogP contribution in [-0.2, 0) is 22.1 Å². The number of alkyl halides is 5. The summed E-state index contributed by atoms with van der Waals surface area (Å²) >= 11 is 0. The van der Waals surface area contributed by atoms with Crippen LogP contribution in [0, 0.1) is 0 Å². The molecule has 3 aromatic rings. The van der Waals surface area contributed by atoms with Gasteiger partial charge >= 0.3 is 12.1 Å². The lowest BCUT2D eigenvalue weighted by atomic mass is 9.97. The number of halogens is 5. The first-order valence-electron chi connectivity index (χ1n) is 8.76. The molecule has 156 valence electrons. The molecule has 3 heterocycles. The molecule has 0 spiro atoms. The summed E-state index contributed by atoms with van der Waals surface area (Å²) in [5.41, 5.74) is -0.955. The lowest BCUT2D eigenvalue weighted by Crippen LogP contribution is -2.45. The van der Waals surface area contributed by atoms with E-state index in [4.69, 9.17) is 0 Å². The van der Waals surface area contributed by atoms with E-state index in [1.807, 2.05) is 0 Å². The second kappa shape index (κ2) is 5.88. The minimum absolute atomic E-state index is 0.0108. The molecule has 0 radical (unpaired) electrons. The predicted octanol–water partition coefficient (Wildman–Crippen LogP) is 4.37. The smallest absolute Gasteiger partial charge is 0.276 e. The largest absolute Gasteiger partial charge is 0.416 e. The first-order chi connectivity index (χ1) is 14.0. The van der Waals surface area contributed by atoms with Gasteiger partial charge in [-0.05, 0) is 35.4 Å². The quantitative estimate of drug-likeness (QED) is 0.601. The van der Waals surface area contributed by atoms with Crippen molar-refractivity contribution in [2.45, 2.75) is 29.1 Å². The fourth-order valence-electron chi connectivity index (χ4n) is 4.21. The molecule has 30 heavy (non-hydrogen) atoms. The van der Waals surface area contributed by atoms with Crippen molar-refractivity contribution in [3.8, 4) is 0 Å². The Morgan fingerprint density at radius 2 is 1.60 bits per heavy atom. The molecule has 2 aromatic carbocycles. The monoisotopic (exact) mass is 441 g/mol. The van der Waals surface area contributed by atoms with Crippen molar-refractivity contribution >= 4 is 10.0 Å². The molecule has 2 aliphatic heterocycles. The van der Waals surface area contributed by atoms with Gasteiger partial charge in [0.1, 0.15) is 11.7 Å². The zero-order valence-corrected chi connectivity index (χ0v) is 15.7. The third-order valence-corrected chi connectivity index (χ3v) is 7.34. The first kappa shape index (κ1) is 19.2. The number of hydrogen-bond acceptors (Lipinski definition) is 3. The number of H-pyrrole nitrogens is 1. The summed E-state index contributed by atoms with van der Waals surface area (Å²) in [4.78, 5) is -0.499. The number of rotatable bonds is 2. The number of benzene rings is 2. The highest BCUT2D eigenvalue weighted by Gasteiger charge is 2.63. The number of nitrogens with zero attached hydrogens (tertiary/aromatic N) is 2. The number of aromatic amines is 1. The van der Waals surface area contributed by atoms with Gasteiger partial charge in [0, 0.05) is 5.56 Å². The Hall–Kier alpha value is -2.79. The van der Waals surface area contributed by atoms with Crippen LogP contribution >= 0.6 is 0 Å². The number of sulfonamides is 1. The van der Waals surface area contributed by atoms with E-state index in [0.717, 1.165) is 18.3 Å². The van der Waals surface area contributed by atoms with Crippen LogP contribution in [0.3, 0.4) is 0 Å². The van der Waals surface area contributed by atoms with Gasteiger partial charge in [-0.1, -0.05) is 24.3 Å². The van der Waals surface area contributed by atoms with E-state index in [2.05, 4.69) is 10.2 Å². The van der Waals surface area contributed by atoms with Crippen molar-refractivity contribution in [1.29, 1.82) is 0 Å². The average Bonchev–Trinajstić information content (AvgIpc) is 3.29.